The molecule has 0 aliphatic rings. The second-order valence-corrected chi connectivity index (χ2v) is 7.72. The number of fused-ring (bicyclic) bond motifs is 1. The molecule has 9 nitrogen and oxygen atoms in total. The summed E-state index contributed by atoms with van der Waals surface area (Å²) >= 11 is 1.40. The minimum absolute atomic E-state index is 0.279. The lowest BCUT2D eigenvalue weighted by molar-refractivity contribution is 0.111. The average Bonchev–Trinajstić information content (AvgIpc) is 3.43. The Balaban J connectivity index is 1.63. The van der Waals surface area contributed by atoms with Crippen molar-refractivity contribution >= 4 is 34.2 Å². The van der Waals surface area contributed by atoms with Crippen molar-refractivity contribution in [1.82, 2.24) is 34.5 Å². The summed E-state index contributed by atoms with van der Waals surface area (Å²) in [6.45, 7) is 0.538. The number of aryl methyl sites for hydroxylation is 2. The van der Waals surface area contributed by atoms with Crippen LogP contribution in [0.1, 0.15) is 32.4 Å². The number of halogens is 1. The van der Waals surface area contributed by atoms with E-state index < -0.39 is 5.82 Å². The molecule has 0 amide bonds. The van der Waals surface area contributed by atoms with E-state index in [4.69, 9.17) is 0 Å². The molecule has 0 bridgehead atoms. The molecule has 11 heteroatoms. The summed E-state index contributed by atoms with van der Waals surface area (Å²) < 4.78 is 18.0. The number of hydrogen-bond acceptors (Lipinski definition) is 7. The van der Waals surface area contributed by atoms with Crippen molar-refractivity contribution in [3.05, 3.63) is 51.9 Å². The van der Waals surface area contributed by atoms with Crippen molar-refractivity contribution < 1.29 is 9.18 Å². The molecule has 0 saturated heterocycles. The fraction of sp³-hybridized carbons (Fsp3) is 0.278. The van der Waals surface area contributed by atoms with Crippen molar-refractivity contribution in [2.75, 3.05) is 7.05 Å². The van der Waals surface area contributed by atoms with Gasteiger partial charge in [0, 0.05) is 39.3 Å². The molecule has 0 unspecified atom stereocenters. The summed E-state index contributed by atoms with van der Waals surface area (Å²) in [5.41, 5.74) is 3.05. The highest BCUT2D eigenvalue weighted by molar-refractivity contribution is 7.19. The number of hydrazone groups is 1. The van der Waals surface area contributed by atoms with Gasteiger partial charge in [0.25, 0.3) is 0 Å². The number of nitrogens with zero attached hydrogens (tertiary/aromatic N) is 7. The van der Waals surface area contributed by atoms with Crippen LogP contribution in [0.15, 0.2) is 23.6 Å². The number of H-pyrrole nitrogens is 1. The van der Waals surface area contributed by atoms with Gasteiger partial charge in [-0.1, -0.05) is 0 Å². The van der Waals surface area contributed by atoms with Crippen LogP contribution in [0, 0.1) is 5.82 Å². The van der Waals surface area contributed by atoms with Crippen molar-refractivity contribution in [1.29, 1.82) is 0 Å². The van der Waals surface area contributed by atoms with Gasteiger partial charge in [0.1, 0.15) is 10.7 Å². The molecule has 0 aromatic carbocycles. The van der Waals surface area contributed by atoms with Crippen molar-refractivity contribution in [2.24, 2.45) is 19.2 Å². The Hall–Kier alpha value is -3.34. The zero-order chi connectivity index (χ0) is 20.5. The first kappa shape index (κ1) is 19.0. The lowest BCUT2D eigenvalue weighted by Gasteiger charge is -2.10. The quantitative estimate of drug-likeness (QED) is 0.284. The van der Waals surface area contributed by atoms with Gasteiger partial charge in [-0.25, -0.2) is 9.37 Å². The Bertz CT molecular complexity index is 1200. The largest absolute Gasteiger partial charge is 0.325 e. The number of nitrogens with one attached hydrogen (secondary N) is 1. The Kier molecular flexibility index (Phi) is 4.97. The highest BCUT2D eigenvalue weighted by Crippen LogP contribution is 2.30. The van der Waals surface area contributed by atoms with Crippen LogP contribution < -0.4 is 0 Å². The average molecular weight is 414 g/mol. The van der Waals surface area contributed by atoms with Crippen LogP contribution in [0.2, 0.25) is 0 Å². The lowest BCUT2D eigenvalue weighted by atomic mass is 10.3. The maximum Gasteiger partial charge on any atom is 0.167 e. The molecule has 4 aromatic heterocycles. The maximum absolute atomic E-state index is 13.7. The second kappa shape index (κ2) is 7.59. The van der Waals surface area contributed by atoms with E-state index in [9.17, 15) is 9.18 Å². The van der Waals surface area contributed by atoms with Crippen LogP contribution in [0.3, 0.4) is 0 Å². The van der Waals surface area contributed by atoms with Gasteiger partial charge >= 0.3 is 0 Å². The molecule has 150 valence electrons. The second-order valence-electron chi connectivity index (χ2n) is 6.63. The topological polar surface area (TPSA) is 97.0 Å². The number of aromatic nitrogens is 6. The van der Waals surface area contributed by atoms with E-state index >= 15 is 0 Å². The van der Waals surface area contributed by atoms with E-state index in [1.54, 1.807) is 27.5 Å². The third kappa shape index (κ3) is 3.68. The normalized spacial score (nSPS) is 11.7. The smallest absolute Gasteiger partial charge is 0.167 e. The molecule has 0 aliphatic heterocycles. The minimum atomic E-state index is -0.393. The van der Waals surface area contributed by atoms with Crippen molar-refractivity contribution in [3.8, 4) is 0 Å². The van der Waals surface area contributed by atoms with Gasteiger partial charge in [-0.15, -0.1) is 11.3 Å². The van der Waals surface area contributed by atoms with Crippen molar-refractivity contribution in [3.63, 3.8) is 0 Å². The number of rotatable bonds is 7. The summed E-state index contributed by atoms with van der Waals surface area (Å²) in [5.74, 6) is -0.393. The zero-order valence-corrected chi connectivity index (χ0v) is 16.9. The van der Waals surface area contributed by atoms with E-state index in [1.807, 2.05) is 26.4 Å². The Morgan fingerprint density at radius 3 is 2.90 bits per heavy atom. The first-order valence-electron chi connectivity index (χ1n) is 8.81. The van der Waals surface area contributed by atoms with Crippen LogP contribution in [0.5, 0.6) is 0 Å². The first-order chi connectivity index (χ1) is 14.0. The molecule has 4 rings (SSSR count). The molecule has 1 N–H and O–H groups in total. The highest BCUT2D eigenvalue weighted by atomic mass is 32.1. The predicted molar refractivity (Wildman–Crippen MR) is 108 cm³/mol. The molecular weight excluding hydrogens is 395 g/mol. The van der Waals surface area contributed by atoms with E-state index in [0.717, 1.165) is 16.7 Å². The first-order valence-corrected chi connectivity index (χ1v) is 9.63. The van der Waals surface area contributed by atoms with Gasteiger partial charge in [0.2, 0.25) is 0 Å². The predicted octanol–water partition coefficient (Wildman–Crippen LogP) is 2.10. The summed E-state index contributed by atoms with van der Waals surface area (Å²) in [7, 11) is 5.48. The zero-order valence-electron chi connectivity index (χ0n) is 16.1. The highest BCUT2D eigenvalue weighted by Gasteiger charge is 2.19. The molecule has 0 radical (unpaired) electrons. The third-order valence-electron chi connectivity index (χ3n) is 4.49. The van der Waals surface area contributed by atoms with Crippen molar-refractivity contribution in [2.45, 2.75) is 13.0 Å². The number of thiazole rings is 1. The Labute approximate surface area is 169 Å². The maximum atomic E-state index is 13.7. The number of carbonyl (C=O) groups excluding carboxylic acids is 1. The molecule has 4 aromatic rings. The summed E-state index contributed by atoms with van der Waals surface area (Å²) in [4.78, 5) is 16.2. The standard InChI is InChI=1S/C18H19FN8OS/c1-25-5-4-11(24-25)9-26(2)21-7-12-15(10-28)27(3)18-17(12)29-16(22-18)6-14-13(19)8-20-23-14/h4-5,7-8,10H,6,9H2,1-3H3,(H,20,23)/b21-7-. The summed E-state index contributed by atoms with van der Waals surface area (Å²) in [6, 6.07) is 1.92. The molecule has 0 spiro atoms. The monoisotopic (exact) mass is 414 g/mol. The third-order valence-corrected chi connectivity index (χ3v) is 5.57. The minimum Gasteiger partial charge on any atom is -0.325 e. The molecule has 0 atom stereocenters. The molecule has 0 saturated carbocycles. The Morgan fingerprint density at radius 1 is 1.41 bits per heavy atom. The summed E-state index contributed by atoms with van der Waals surface area (Å²) in [5, 5.41) is 17.7. The van der Waals surface area contributed by atoms with E-state index in [0.29, 0.717) is 34.2 Å². The van der Waals surface area contributed by atoms with Gasteiger partial charge < -0.3 is 4.57 Å². The molecule has 29 heavy (non-hydrogen) atoms. The van der Waals surface area contributed by atoms with E-state index in [1.165, 1.54) is 17.5 Å². The van der Waals surface area contributed by atoms with Crippen LogP contribution in [-0.4, -0.2) is 54.1 Å². The number of aldehydes is 1. The molecule has 0 aliphatic carbocycles. The molecular formula is C18H19FN8OS. The van der Waals surface area contributed by atoms with Crippen LogP contribution in [-0.2, 0) is 27.1 Å². The van der Waals surface area contributed by atoms with Crippen LogP contribution in [0.4, 0.5) is 4.39 Å². The fourth-order valence-electron chi connectivity index (χ4n) is 3.06. The summed E-state index contributed by atoms with van der Waals surface area (Å²) in [6.07, 6.45) is 5.82. The SMILES string of the molecule is CN(Cc1ccn(C)n1)/N=C\c1c(C=O)n(C)c2nc(Cc3n[nH]cc3F)sc12. The van der Waals surface area contributed by atoms with Gasteiger partial charge in [-0.05, 0) is 6.07 Å². The van der Waals surface area contributed by atoms with Crippen LogP contribution >= 0.6 is 11.3 Å². The van der Waals surface area contributed by atoms with Crippen LogP contribution in [0.25, 0.3) is 10.3 Å². The van der Waals surface area contributed by atoms with E-state index in [-0.39, 0.29) is 6.42 Å². The molecule has 0 fully saturated rings. The van der Waals surface area contributed by atoms with Gasteiger partial charge in [0.05, 0.1) is 35.0 Å². The molecule has 4 heterocycles. The van der Waals surface area contributed by atoms with Gasteiger partial charge in [-0.3, -0.25) is 19.6 Å². The number of carbonyl (C=O) groups is 1. The van der Waals surface area contributed by atoms with E-state index in [2.05, 4.69) is 25.4 Å². The fourth-order valence-corrected chi connectivity index (χ4v) is 4.18. The Morgan fingerprint density at radius 2 is 2.24 bits per heavy atom. The number of aromatic amines is 1. The van der Waals surface area contributed by atoms with Gasteiger partial charge in [-0.2, -0.15) is 15.3 Å². The number of hydrogen-bond donors (Lipinski definition) is 1. The van der Waals surface area contributed by atoms with Gasteiger partial charge in [0.15, 0.2) is 17.8 Å². The lowest BCUT2D eigenvalue weighted by Crippen LogP contribution is -2.12.